The van der Waals surface area contributed by atoms with E-state index in [-0.39, 0.29) is 17.3 Å². The molecular formula is C16H22O5. The van der Waals surface area contributed by atoms with Crippen molar-refractivity contribution in [1.29, 1.82) is 0 Å². The quantitative estimate of drug-likeness (QED) is 0.924. The predicted octanol–water partition coefficient (Wildman–Crippen LogP) is 3.12. The van der Waals surface area contributed by atoms with Crippen molar-refractivity contribution in [2.45, 2.75) is 51.4 Å². The van der Waals surface area contributed by atoms with Crippen molar-refractivity contribution < 1.29 is 24.1 Å². The topological polar surface area (TPSA) is 65.0 Å². The lowest BCUT2D eigenvalue weighted by Gasteiger charge is -2.27. The summed E-state index contributed by atoms with van der Waals surface area (Å²) in [5.41, 5.74) is -0.668. The third-order valence-electron chi connectivity index (χ3n) is 3.68. The first-order chi connectivity index (χ1) is 9.64. The Morgan fingerprint density at radius 1 is 1.33 bits per heavy atom. The van der Waals surface area contributed by atoms with E-state index in [0.29, 0.717) is 17.9 Å². The summed E-state index contributed by atoms with van der Waals surface area (Å²) in [5.74, 6) is -0.218. The van der Waals surface area contributed by atoms with Gasteiger partial charge in [-0.25, -0.2) is 4.79 Å². The molecule has 1 fully saturated rings. The van der Waals surface area contributed by atoms with E-state index >= 15 is 0 Å². The molecule has 1 aromatic rings. The van der Waals surface area contributed by atoms with Crippen molar-refractivity contribution in [3.8, 4) is 11.5 Å². The van der Waals surface area contributed by atoms with Gasteiger partial charge in [-0.1, -0.05) is 0 Å². The van der Waals surface area contributed by atoms with Gasteiger partial charge in [0.25, 0.3) is 0 Å². The Bertz CT molecular complexity index is 548. The Morgan fingerprint density at radius 2 is 2.00 bits per heavy atom. The smallest absolute Gasteiger partial charge is 0.339 e. The van der Waals surface area contributed by atoms with Crippen LogP contribution in [0.15, 0.2) is 18.2 Å². The molecule has 1 saturated heterocycles. The molecule has 1 heterocycles. The van der Waals surface area contributed by atoms with E-state index in [0.717, 1.165) is 0 Å². The van der Waals surface area contributed by atoms with Gasteiger partial charge >= 0.3 is 5.97 Å². The van der Waals surface area contributed by atoms with Crippen LogP contribution >= 0.6 is 0 Å². The van der Waals surface area contributed by atoms with E-state index in [4.69, 9.17) is 14.2 Å². The zero-order valence-corrected chi connectivity index (χ0v) is 13.1. The number of hydrogen-bond acceptors (Lipinski definition) is 4. The van der Waals surface area contributed by atoms with Crippen LogP contribution in [0.5, 0.6) is 11.5 Å². The van der Waals surface area contributed by atoms with Gasteiger partial charge in [-0.05, 0) is 45.9 Å². The van der Waals surface area contributed by atoms with E-state index < -0.39 is 11.6 Å². The second-order valence-electron chi connectivity index (χ2n) is 6.44. The van der Waals surface area contributed by atoms with Gasteiger partial charge in [0.2, 0.25) is 0 Å². The van der Waals surface area contributed by atoms with Gasteiger partial charge in [-0.3, -0.25) is 0 Å². The molecule has 1 aliphatic rings. The fourth-order valence-corrected chi connectivity index (χ4v) is 2.75. The van der Waals surface area contributed by atoms with Gasteiger partial charge in [-0.2, -0.15) is 0 Å². The number of hydrogen-bond donors (Lipinski definition) is 1. The van der Waals surface area contributed by atoms with E-state index in [9.17, 15) is 9.90 Å². The Hall–Kier alpha value is -1.75. The minimum atomic E-state index is -1.04. The van der Waals surface area contributed by atoms with E-state index in [1.807, 2.05) is 27.7 Å². The van der Waals surface area contributed by atoms with Crippen LogP contribution in [0.1, 0.15) is 44.5 Å². The van der Waals surface area contributed by atoms with Gasteiger partial charge < -0.3 is 19.3 Å². The highest BCUT2D eigenvalue weighted by atomic mass is 16.6. The second-order valence-corrected chi connectivity index (χ2v) is 6.44. The summed E-state index contributed by atoms with van der Waals surface area (Å²) in [5, 5.41) is 9.33. The molecule has 5 heteroatoms. The molecule has 0 radical (unpaired) electrons. The van der Waals surface area contributed by atoms with Crippen LogP contribution in [-0.4, -0.2) is 35.5 Å². The molecule has 0 aliphatic carbocycles. The lowest BCUT2D eigenvalue weighted by atomic mass is 9.97. The van der Waals surface area contributed by atoms with E-state index in [1.165, 1.54) is 13.2 Å². The Morgan fingerprint density at radius 3 is 2.48 bits per heavy atom. The maximum Gasteiger partial charge on any atom is 0.339 e. The normalized spacial score (nSPS) is 22.8. The average molecular weight is 294 g/mol. The van der Waals surface area contributed by atoms with Gasteiger partial charge in [0.15, 0.2) is 0 Å². The van der Waals surface area contributed by atoms with Crippen LogP contribution in [0.25, 0.3) is 0 Å². The van der Waals surface area contributed by atoms with Crippen molar-refractivity contribution in [2.75, 3.05) is 7.11 Å². The van der Waals surface area contributed by atoms with Gasteiger partial charge in [0.05, 0.1) is 12.7 Å². The van der Waals surface area contributed by atoms with Crippen molar-refractivity contribution >= 4 is 5.97 Å². The molecule has 0 bridgehead atoms. The van der Waals surface area contributed by atoms with Gasteiger partial charge in [0.1, 0.15) is 28.8 Å². The molecule has 1 aliphatic heterocycles. The third kappa shape index (κ3) is 3.29. The predicted molar refractivity (Wildman–Crippen MR) is 78.2 cm³/mol. The lowest BCUT2D eigenvalue weighted by Crippen LogP contribution is -2.37. The summed E-state index contributed by atoms with van der Waals surface area (Å²) in [6, 6.07) is 4.78. The van der Waals surface area contributed by atoms with Crippen LogP contribution in [0.4, 0.5) is 0 Å². The van der Waals surface area contributed by atoms with E-state index in [1.54, 1.807) is 12.1 Å². The van der Waals surface area contributed by atoms with Gasteiger partial charge in [0, 0.05) is 6.42 Å². The fourth-order valence-electron chi connectivity index (χ4n) is 2.75. The minimum absolute atomic E-state index is 0.0925. The van der Waals surface area contributed by atoms with Crippen molar-refractivity contribution in [2.24, 2.45) is 0 Å². The Balaban J connectivity index is 2.29. The number of carbonyl (C=O) groups is 1. The molecule has 1 atom stereocenters. The molecule has 1 aromatic carbocycles. The summed E-state index contributed by atoms with van der Waals surface area (Å²) in [7, 11) is 1.50. The number of aromatic carboxylic acids is 1. The monoisotopic (exact) mass is 294 g/mol. The molecule has 1 N–H and O–H groups in total. The SMILES string of the molecule is COc1ccc(OC2CC(C)(C)OC2(C)C)c(C(=O)O)c1. The van der Waals surface area contributed by atoms with Crippen molar-refractivity contribution in [1.82, 2.24) is 0 Å². The first kappa shape index (κ1) is 15.6. The average Bonchev–Trinajstić information content (AvgIpc) is 2.57. The highest BCUT2D eigenvalue weighted by Gasteiger charge is 2.47. The number of ether oxygens (including phenoxy) is 3. The number of rotatable bonds is 4. The maximum atomic E-state index is 11.4. The zero-order chi connectivity index (χ0) is 15.8. The third-order valence-corrected chi connectivity index (χ3v) is 3.68. The molecule has 0 saturated carbocycles. The van der Waals surface area contributed by atoms with Crippen LogP contribution in [-0.2, 0) is 4.74 Å². The van der Waals surface area contributed by atoms with E-state index in [2.05, 4.69) is 0 Å². The maximum absolute atomic E-state index is 11.4. The molecule has 0 aromatic heterocycles. The number of carboxylic acid groups (broad SMARTS) is 1. The second kappa shape index (κ2) is 5.22. The number of benzene rings is 1. The summed E-state index contributed by atoms with van der Waals surface area (Å²) >= 11 is 0. The molecular weight excluding hydrogens is 272 g/mol. The standard InChI is InChI=1S/C16H22O5/c1-15(2)9-13(16(3,4)21-15)20-12-7-6-10(19-5)8-11(12)14(17)18/h6-8,13H,9H2,1-5H3,(H,17,18). The van der Waals surface area contributed by atoms with Crippen LogP contribution in [0.2, 0.25) is 0 Å². The number of methoxy groups -OCH3 is 1. The molecule has 21 heavy (non-hydrogen) atoms. The lowest BCUT2D eigenvalue weighted by molar-refractivity contribution is -0.0847. The first-order valence-electron chi connectivity index (χ1n) is 6.93. The van der Waals surface area contributed by atoms with Crippen LogP contribution < -0.4 is 9.47 Å². The molecule has 5 nitrogen and oxygen atoms in total. The first-order valence-corrected chi connectivity index (χ1v) is 6.93. The van der Waals surface area contributed by atoms with Crippen LogP contribution in [0, 0.1) is 0 Å². The van der Waals surface area contributed by atoms with Gasteiger partial charge in [-0.15, -0.1) is 0 Å². The highest BCUT2D eigenvalue weighted by molar-refractivity contribution is 5.91. The summed E-state index contributed by atoms with van der Waals surface area (Å²) in [6.07, 6.45) is 0.490. The largest absolute Gasteiger partial charge is 0.497 e. The summed E-state index contributed by atoms with van der Waals surface area (Å²) in [6.45, 7) is 7.92. The Kier molecular flexibility index (Phi) is 3.89. The van der Waals surface area contributed by atoms with Crippen molar-refractivity contribution in [3.05, 3.63) is 23.8 Å². The molecule has 2 rings (SSSR count). The highest BCUT2D eigenvalue weighted by Crippen LogP contribution is 2.40. The van der Waals surface area contributed by atoms with Crippen LogP contribution in [0.3, 0.4) is 0 Å². The molecule has 116 valence electrons. The minimum Gasteiger partial charge on any atom is -0.497 e. The molecule has 0 spiro atoms. The number of carboxylic acids is 1. The summed E-state index contributed by atoms with van der Waals surface area (Å²) in [4.78, 5) is 11.4. The summed E-state index contributed by atoms with van der Waals surface area (Å²) < 4.78 is 17.0. The zero-order valence-electron chi connectivity index (χ0n) is 13.1. The molecule has 1 unspecified atom stereocenters. The fraction of sp³-hybridized carbons (Fsp3) is 0.562. The molecule has 0 amide bonds. The van der Waals surface area contributed by atoms with Crippen molar-refractivity contribution in [3.63, 3.8) is 0 Å². The Labute approximate surface area is 124 Å².